The monoisotopic (exact) mass is 523 g/mol. The van der Waals surface area contributed by atoms with Gasteiger partial charge in [-0.1, -0.05) is 60.7 Å². The lowest BCUT2D eigenvalue weighted by Crippen LogP contribution is -2.49. The fraction of sp³-hybridized carbons (Fsp3) is 0.310. The van der Waals surface area contributed by atoms with Gasteiger partial charge >= 0.3 is 6.36 Å². The SMILES string of the molecule is O=C(NCc1ccc(OC(F)(F)F)cc1)C1c2ccccc2C(=O)N1C1CCN(Cc2ccccc2)CC1. The number of amides is 2. The van der Waals surface area contributed by atoms with Crippen LogP contribution in [0.25, 0.3) is 0 Å². The maximum Gasteiger partial charge on any atom is 0.573 e. The van der Waals surface area contributed by atoms with Gasteiger partial charge in [0.2, 0.25) is 5.91 Å². The number of hydrogen-bond acceptors (Lipinski definition) is 4. The standard InChI is InChI=1S/C29H28F3N3O3/c30-29(31,32)38-23-12-10-20(11-13-23)18-33-27(36)26-24-8-4-5-9-25(24)28(37)35(26)22-14-16-34(17-15-22)19-21-6-2-1-3-7-21/h1-13,22,26H,14-19H2,(H,33,36). The molecule has 0 bridgehead atoms. The number of carbonyl (C=O) groups is 2. The number of halogens is 3. The summed E-state index contributed by atoms with van der Waals surface area (Å²) in [5, 5.41) is 2.87. The van der Waals surface area contributed by atoms with Gasteiger partial charge in [-0.15, -0.1) is 13.2 Å². The molecule has 1 unspecified atom stereocenters. The van der Waals surface area contributed by atoms with Crippen LogP contribution >= 0.6 is 0 Å². The Morgan fingerprint density at radius 1 is 0.895 bits per heavy atom. The maximum atomic E-state index is 13.5. The van der Waals surface area contributed by atoms with Crippen molar-refractivity contribution in [2.75, 3.05) is 13.1 Å². The maximum absolute atomic E-state index is 13.5. The van der Waals surface area contributed by atoms with Gasteiger partial charge in [0.15, 0.2) is 0 Å². The first-order valence-corrected chi connectivity index (χ1v) is 12.6. The van der Waals surface area contributed by atoms with Crippen LogP contribution in [0.3, 0.4) is 0 Å². The van der Waals surface area contributed by atoms with E-state index in [1.54, 1.807) is 17.0 Å². The zero-order valence-corrected chi connectivity index (χ0v) is 20.7. The topological polar surface area (TPSA) is 61.9 Å². The molecule has 5 rings (SSSR count). The van der Waals surface area contributed by atoms with Crippen molar-refractivity contribution < 1.29 is 27.5 Å². The summed E-state index contributed by atoms with van der Waals surface area (Å²) in [6.45, 7) is 2.60. The van der Waals surface area contributed by atoms with E-state index in [1.807, 2.05) is 30.3 Å². The highest BCUT2D eigenvalue weighted by atomic mass is 19.4. The molecule has 2 aliphatic heterocycles. The molecule has 9 heteroatoms. The van der Waals surface area contributed by atoms with Gasteiger partial charge in [-0.3, -0.25) is 14.5 Å². The Labute approximate surface area is 219 Å². The minimum atomic E-state index is -4.76. The summed E-state index contributed by atoms with van der Waals surface area (Å²) in [5.41, 5.74) is 3.07. The van der Waals surface area contributed by atoms with Crippen molar-refractivity contribution in [1.82, 2.24) is 15.1 Å². The second kappa shape index (κ2) is 10.9. The average Bonchev–Trinajstić information content (AvgIpc) is 3.21. The fourth-order valence-corrected chi connectivity index (χ4v) is 5.27. The number of alkyl halides is 3. The van der Waals surface area contributed by atoms with Crippen LogP contribution in [-0.2, 0) is 17.9 Å². The van der Waals surface area contributed by atoms with Crippen molar-refractivity contribution in [3.8, 4) is 5.75 Å². The molecule has 0 aromatic heterocycles. The molecule has 3 aromatic carbocycles. The zero-order valence-electron chi connectivity index (χ0n) is 20.7. The molecule has 6 nitrogen and oxygen atoms in total. The lowest BCUT2D eigenvalue weighted by molar-refractivity contribution is -0.274. The largest absolute Gasteiger partial charge is 0.573 e. The smallest absolute Gasteiger partial charge is 0.406 e. The molecule has 0 saturated carbocycles. The summed E-state index contributed by atoms with van der Waals surface area (Å²) in [4.78, 5) is 31.0. The Bertz CT molecular complexity index is 1270. The molecule has 1 saturated heterocycles. The van der Waals surface area contributed by atoms with Crippen LogP contribution in [0.4, 0.5) is 13.2 Å². The van der Waals surface area contributed by atoms with Crippen molar-refractivity contribution in [2.45, 2.75) is 44.4 Å². The highest BCUT2D eigenvalue weighted by Gasteiger charge is 2.44. The molecule has 2 amide bonds. The molecule has 1 atom stereocenters. The second-order valence-corrected chi connectivity index (χ2v) is 9.60. The first-order chi connectivity index (χ1) is 18.3. The summed E-state index contributed by atoms with van der Waals surface area (Å²) in [6.07, 6.45) is -3.24. The third kappa shape index (κ3) is 5.83. The van der Waals surface area contributed by atoms with Crippen molar-refractivity contribution in [1.29, 1.82) is 0 Å². The Morgan fingerprint density at radius 3 is 2.24 bits per heavy atom. The van der Waals surface area contributed by atoms with Gasteiger partial charge in [-0.2, -0.15) is 0 Å². The summed E-state index contributed by atoms with van der Waals surface area (Å²) >= 11 is 0. The number of fused-ring (bicyclic) bond motifs is 1. The van der Waals surface area contributed by atoms with E-state index in [0.29, 0.717) is 16.7 Å². The number of piperidine rings is 1. The van der Waals surface area contributed by atoms with Crippen LogP contribution in [0.15, 0.2) is 78.9 Å². The minimum Gasteiger partial charge on any atom is -0.406 e. The number of ether oxygens (including phenoxy) is 1. The van der Waals surface area contributed by atoms with Gasteiger partial charge in [0.25, 0.3) is 5.91 Å². The van der Waals surface area contributed by atoms with Crippen molar-refractivity contribution in [2.24, 2.45) is 0 Å². The molecular weight excluding hydrogens is 495 g/mol. The summed E-state index contributed by atoms with van der Waals surface area (Å²) in [6, 6.07) is 21.9. The Hall–Kier alpha value is -3.85. The van der Waals surface area contributed by atoms with E-state index < -0.39 is 12.4 Å². The van der Waals surface area contributed by atoms with Gasteiger partial charge in [0, 0.05) is 37.8 Å². The number of benzene rings is 3. The molecule has 2 aliphatic rings. The molecule has 1 N–H and O–H groups in total. The Balaban J connectivity index is 1.26. The molecule has 198 valence electrons. The highest BCUT2D eigenvalue weighted by Crippen LogP contribution is 2.38. The summed E-state index contributed by atoms with van der Waals surface area (Å²) < 4.78 is 41.2. The molecular formula is C29H28F3N3O3. The average molecular weight is 524 g/mol. The number of nitrogens with one attached hydrogen (secondary N) is 1. The van der Waals surface area contributed by atoms with Crippen LogP contribution in [0.1, 0.15) is 45.9 Å². The third-order valence-electron chi connectivity index (χ3n) is 7.07. The lowest BCUT2D eigenvalue weighted by Gasteiger charge is -2.39. The van der Waals surface area contributed by atoms with Crippen LogP contribution in [-0.4, -0.2) is 47.1 Å². The Morgan fingerprint density at radius 2 is 1.55 bits per heavy atom. The number of rotatable bonds is 7. The zero-order chi connectivity index (χ0) is 26.7. The minimum absolute atomic E-state index is 0.0727. The predicted molar refractivity (Wildman–Crippen MR) is 135 cm³/mol. The van der Waals surface area contributed by atoms with Crippen LogP contribution in [0, 0.1) is 0 Å². The van der Waals surface area contributed by atoms with E-state index in [-0.39, 0.29) is 30.2 Å². The van der Waals surface area contributed by atoms with Gasteiger partial charge in [0.1, 0.15) is 11.8 Å². The second-order valence-electron chi connectivity index (χ2n) is 9.60. The van der Waals surface area contributed by atoms with Gasteiger partial charge < -0.3 is 15.0 Å². The van der Waals surface area contributed by atoms with E-state index in [9.17, 15) is 22.8 Å². The first kappa shape index (κ1) is 25.8. The third-order valence-corrected chi connectivity index (χ3v) is 7.07. The van der Waals surface area contributed by atoms with Crippen LogP contribution in [0.5, 0.6) is 5.75 Å². The van der Waals surface area contributed by atoms with Crippen LogP contribution in [0.2, 0.25) is 0 Å². The van der Waals surface area contributed by atoms with Crippen LogP contribution < -0.4 is 10.1 Å². The normalized spacial score (nSPS) is 18.3. The molecule has 0 radical (unpaired) electrons. The molecule has 1 fully saturated rings. The molecule has 2 heterocycles. The van der Waals surface area contributed by atoms with E-state index in [1.165, 1.54) is 29.8 Å². The molecule has 3 aromatic rings. The van der Waals surface area contributed by atoms with E-state index in [4.69, 9.17) is 0 Å². The van der Waals surface area contributed by atoms with E-state index in [2.05, 4.69) is 27.1 Å². The molecule has 38 heavy (non-hydrogen) atoms. The van der Waals surface area contributed by atoms with Crippen molar-refractivity contribution >= 4 is 11.8 Å². The van der Waals surface area contributed by atoms with E-state index >= 15 is 0 Å². The predicted octanol–water partition coefficient (Wildman–Crippen LogP) is 5.06. The quantitative estimate of drug-likeness (QED) is 0.470. The number of likely N-dealkylation sites (tertiary alicyclic amines) is 1. The Kier molecular flexibility index (Phi) is 7.37. The summed E-state index contributed by atoms with van der Waals surface area (Å²) in [7, 11) is 0. The van der Waals surface area contributed by atoms with Crippen molar-refractivity contribution in [3.05, 3.63) is 101 Å². The number of nitrogens with zero attached hydrogens (tertiary/aromatic N) is 2. The molecule has 0 aliphatic carbocycles. The number of hydrogen-bond donors (Lipinski definition) is 1. The van der Waals surface area contributed by atoms with Crippen molar-refractivity contribution in [3.63, 3.8) is 0 Å². The first-order valence-electron chi connectivity index (χ1n) is 12.6. The lowest BCUT2D eigenvalue weighted by atomic mass is 9.99. The fourth-order valence-electron chi connectivity index (χ4n) is 5.27. The highest BCUT2D eigenvalue weighted by molar-refractivity contribution is 6.04. The van der Waals surface area contributed by atoms with E-state index in [0.717, 1.165) is 32.5 Å². The van der Waals surface area contributed by atoms with Gasteiger partial charge in [-0.25, -0.2) is 0 Å². The number of carbonyl (C=O) groups excluding carboxylic acids is 2. The van der Waals surface area contributed by atoms with Gasteiger partial charge in [0.05, 0.1) is 0 Å². The van der Waals surface area contributed by atoms with Gasteiger partial charge in [-0.05, 0) is 47.7 Å². The summed E-state index contributed by atoms with van der Waals surface area (Å²) in [5.74, 6) is -0.783. The molecule has 0 spiro atoms.